The first-order chi connectivity index (χ1) is 5.22. The number of carboxylic acids is 1. The van der Waals surface area contributed by atoms with E-state index in [0.717, 1.165) is 19.3 Å². The monoisotopic (exact) mass is 157 g/mol. The van der Waals surface area contributed by atoms with E-state index in [1.807, 2.05) is 6.92 Å². The van der Waals surface area contributed by atoms with Crippen LogP contribution in [0.25, 0.3) is 0 Å². The SMILES string of the molecule is CCCCCC([C]=O)C(=O)O. The lowest BCUT2D eigenvalue weighted by Gasteiger charge is -2.01. The van der Waals surface area contributed by atoms with Gasteiger partial charge >= 0.3 is 5.97 Å². The van der Waals surface area contributed by atoms with E-state index in [0.29, 0.717) is 6.42 Å². The lowest BCUT2D eigenvalue weighted by atomic mass is 10.0. The van der Waals surface area contributed by atoms with Gasteiger partial charge in [-0.25, -0.2) is 0 Å². The number of hydrogen-bond donors (Lipinski definition) is 1. The van der Waals surface area contributed by atoms with Gasteiger partial charge in [0, 0.05) is 0 Å². The molecule has 0 heterocycles. The van der Waals surface area contributed by atoms with Crippen LogP contribution in [0, 0.1) is 5.92 Å². The zero-order valence-electron chi connectivity index (χ0n) is 6.67. The van der Waals surface area contributed by atoms with Crippen LogP contribution < -0.4 is 0 Å². The molecule has 11 heavy (non-hydrogen) atoms. The van der Waals surface area contributed by atoms with Crippen LogP contribution in [-0.4, -0.2) is 17.4 Å². The van der Waals surface area contributed by atoms with Gasteiger partial charge in [-0.1, -0.05) is 26.2 Å². The zero-order valence-corrected chi connectivity index (χ0v) is 6.67. The first-order valence-corrected chi connectivity index (χ1v) is 3.82. The van der Waals surface area contributed by atoms with Gasteiger partial charge in [0.1, 0.15) is 5.92 Å². The highest BCUT2D eigenvalue weighted by molar-refractivity contribution is 5.86. The minimum atomic E-state index is -1.06. The Morgan fingerprint density at radius 1 is 1.55 bits per heavy atom. The van der Waals surface area contributed by atoms with Gasteiger partial charge < -0.3 is 5.11 Å². The van der Waals surface area contributed by atoms with Gasteiger partial charge in [0.2, 0.25) is 6.29 Å². The molecule has 0 bridgehead atoms. The van der Waals surface area contributed by atoms with Crippen LogP contribution in [0.3, 0.4) is 0 Å². The molecule has 1 unspecified atom stereocenters. The molecular weight excluding hydrogens is 144 g/mol. The summed E-state index contributed by atoms with van der Waals surface area (Å²) in [6.45, 7) is 2.03. The summed E-state index contributed by atoms with van der Waals surface area (Å²) in [5.74, 6) is -1.97. The molecule has 0 saturated heterocycles. The summed E-state index contributed by atoms with van der Waals surface area (Å²) in [7, 11) is 0. The van der Waals surface area contributed by atoms with E-state index in [2.05, 4.69) is 0 Å². The number of unbranched alkanes of at least 4 members (excludes halogenated alkanes) is 2. The average Bonchev–Trinajstić information content (AvgIpc) is 1.97. The molecule has 0 saturated carbocycles. The van der Waals surface area contributed by atoms with E-state index >= 15 is 0 Å². The summed E-state index contributed by atoms with van der Waals surface area (Å²) in [4.78, 5) is 20.3. The minimum absolute atomic E-state index is 0.423. The van der Waals surface area contributed by atoms with Crippen molar-refractivity contribution in [2.24, 2.45) is 5.92 Å². The molecule has 0 aromatic rings. The third-order valence-corrected chi connectivity index (χ3v) is 1.54. The van der Waals surface area contributed by atoms with Gasteiger partial charge in [0.15, 0.2) is 0 Å². The Labute approximate surface area is 66.4 Å². The van der Waals surface area contributed by atoms with Crippen LogP contribution >= 0.6 is 0 Å². The average molecular weight is 157 g/mol. The molecule has 0 aromatic heterocycles. The Hall–Kier alpha value is -0.860. The van der Waals surface area contributed by atoms with Crippen LogP contribution in [0.5, 0.6) is 0 Å². The molecule has 0 aliphatic rings. The predicted molar refractivity (Wildman–Crippen MR) is 41.0 cm³/mol. The molecule has 3 heteroatoms. The highest BCUT2D eigenvalue weighted by Gasteiger charge is 2.15. The van der Waals surface area contributed by atoms with Crippen LogP contribution in [0.2, 0.25) is 0 Å². The lowest BCUT2D eigenvalue weighted by molar-refractivity contribution is -0.139. The highest BCUT2D eigenvalue weighted by atomic mass is 16.4. The Balaban J connectivity index is 3.52. The van der Waals surface area contributed by atoms with Crippen LogP contribution in [0.1, 0.15) is 32.6 Å². The fourth-order valence-corrected chi connectivity index (χ4v) is 0.831. The fourth-order valence-electron chi connectivity index (χ4n) is 0.831. The maximum Gasteiger partial charge on any atom is 0.314 e. The summed E-state index contributed by atoms with van der Waals surface area (Å²) in [5.41, 5.74) is 0. The quantitative estimate of drug-likeness (QED) is 0.468. The van der Waals surface area contributed by atoms with Crippen molar-refractivity contribution in [1.29, 1.82) is 0 Å². The normalized spacial score (nSPS) is 12.5. The molecular formula is C8H13O3. The van der Waals surface area contributed by atoms with Crippen molar-refractivity contribution in [3.63, 3.8) is 0 Å². The smallest absolute Gasteiger partial charge is 0.314 e. The highest BCUT2D eigenvalue weighted by Crippen LogP contribution is 2.07. The van der Waals surface area contributed by atoms with Gasteiger partial charge in [0.25, 0.3) is 0 Å². The largest absolute Gasteiger partial charge is 0.481 e. The molecule has 0 rings (SSSR count). The maximum atomic E-state index is 10.3. The van der Waals surface area contributed by atoms with Crippen molar-refractivity contribution in [3.05, 3.63) is 0 Å². The van der Waals surface area contributed by atoms with E-state index in [-0.39, 0.29) is 0 Å². The molecule has 3 nitrogen and oxygen atoms in total. The van der Waals surface area contributed by atoms with Gasteiger partial charge in [-0.3, -0.25) is 9.59 Å². The van der Waals surface area contributed by atoms with E-state index in [9.17, 15) is 9.59 Å². The third kappa shape index (κ3) is 4.53. The van der Waals surface area contributed by atoms with Crippen LogP contribution in [-0.2, 0) is 9.59 Å². The number of rotatable bonds is 6. The molecule has 0 aliphatic heterocycles. The van der Waals surface area contributed by atoms with Gasteiger partial charge in [-0.05, 0) is 6.42 Å². The summed E-state index contributed by atoms with van der Waals surface area (Å²) >= 11 is 0. The summed E-state index contributed by atoms with van der Waals surface area (Å²) < 4.78 is 0. The van der Waals surface area contributed by atoms with Gasteiger partial charge in [0.05, 0.1) is 0 Å². The Bertz CT molecular complexity index is 131. The summed E-state index contributed by atoms with van der Waals surface area (Å²) in [5, 5.41) is 8.41. The number of carbonyl (C=O) groups excluding carboxylic acids is 1. The molecule has 0 fully saturated rings. The Morgan fingerprint density at radius 2 is 2.18 bits per heavy atom. The zero-order chi connectivity index (χ0) is 8.69. The van der Waals surface area contributed by atoms with E-state index < -0.39 is 11.9 Å². The Morgan fingerprint density at radius 3 is 2.55 bits per heavy atom. The van der Waals surface area contributed by atoms with Crippen molar-refractivity contribution in [1.82, 2.24) is 0 Å². The molecule has 1 N–H and O–H groups in total. The first kappa shape index (κ1) is 10.1. The van der Waals surface area contributed by atoms with E-state index in [4.69, 9.17) is 5.11 Å². The second kappa shape index (κ2) is 5.89. The fraction of sp³-hybridized carbons (Fsp3) is 0.750. The predicted octanol–water partition coefficient (Wildman–Crippen LogP) is 1.38. The number of carbonyl (C=O) groups is 1. The van der Waals surface area contributed by atoms with E-state index in [1.165, 1.54) is 6.29 Å². The minimum Gasteiger partial charge on any atom is -0.481 e. The number of hydrogen-bond acceptors (Lipinski definition) is 2. The van der Waals surface area contributed by atoms with Crippen molar-refractivity contribution >= 4 is 12.3 Å². The molecule has 1 atom stereocenters. The van der Waals surface area contributed by atoms with Crippen molar-refractivity contribution in [2.75, 3.05) is 0 Å². The second-order valence-corrected chi connectivity index (χ2v) is 2.50. The molecule has 0 amide bonds. The van der Waals surface area contributed by atoms with Crippen molar-refractivity contribution in [3.8, 4) is 0 Å². The lowest BCUT2D eigenvalue weighted by Crippen LogP contribution is -2.14. The van der Waals surface area contributed by atoms with Crippen molar-refractivity contribution < 1.29 is 14.7 Å². The third-order valence-electron chi connectivity index (χ3n) is 1.54. The van der Waals surface area contributed by atoms with Crippen LogP contribution in [0.15, 0.2) is 0 Å². The van der Waals surface area contributed by atoms with E-state index in [1.54, 1.807) is 0 Å². The van der Waals surface area contributed by atoms with Crippen LogP contribution in [0.4, 0.5) is 0 Å². The number of carboxylic acid groups (broad SMARTS) is 1. The second-order valence-electron chi connectivity index (χ2n) is 2.50. The first-order valence-electron chi connectivity index (χ1n) is 3.82. The van der Waals surface area contributed by atoms with Crippen molar-refractivity contribution in [2.45, 2.75) is 32.6 Å². The molecule has 0 aromatic carbocycles. The Kier molecular flexibility index (Phi) is 5.43. The standard InChI is InChI=1S/C8H13O3/c1-2-3-4-5-7(6-9)8(10)11/h7H,2-5H2,1H3,(H,10,11). The topological polar surface area (TPSA) is 54.4 Å². The molecule has 63 valence electrons. The summed E-state index contributed by atoms with van der Waals surface area (Å²) in [6, 6.07) is 0. The summed E-state index contributed by atoms with van der Waals surface area (Å²) in [6.07, 6.45) is 4.74. The van der Waals surface area contributed by atoms with Gasteiger partial charge in [-0.2, -0.15) is 0 Å². The number of aliphatic carboxylic acids is 1. The molecule has 1 radical (unpaired) electrons. The van der Waals surface area contributed by atoms with Gasteiger partial charge in [-0.15, -0.1) is 0 Å². The molecule has 0 aliphatic carbocycles. The molecule has 0 spiro atoms. The maximum absolute atomic E-state index is 10.3.